The lowest BCUT2D eigenvalue weighted by Crippen LogP contribution is -2.59. The van der Waals surface area contributed by atoms with Crippen LogP contribution in [0.4, 0.5) is 18.9 Å². The molecule has 8 heteroatoms. The Bertz CT molecular complexity index is 1090. The smallest absolute Gasteiger partial charge is 0.367 e. The van der Waals surface area contributed by atoms with Crippen LogP contribution in [0.3, 0.4) is 0 Å². The molecule has 1 aromatic carbocycles. The van der Waals surface area contributed by atoms with E-state index in [1.54, 1.807) is 11.0 Å². The maximum atomic E-state index is 12.8. The Morgan fingerprint density at radius 2 is 1.90 bits per heavy atom. The van der Waals surface area contributed by atoms with Crippen LogP contribution >= 0.6 is 0 Å². The molecule has 2 aromatic heterocycles. The van der Waals surface area contributed by atoms with Crippen LogP contribution in [-0.4, -0.2) is 35.0 Å². The first-order valence-electron chi connectivity index (χ1n) is 9.18. The standard InChI is InChI=1S/C21H19F3N4O/c1-12-7-13(2)26-18-4-3-14(8-17(12)18)20(29)27-15-10-28(11-15)16-5-6-25-19(9-16)21(22,23)24/h3-9,15H,10-11H2,1-2H3,(H,27,29). The van der Waals surface area contributed by atoms with Crippen LogP contribution in [0.25, 0.3) is 10.9 Å². The summed E-state index contributed by atoms with van der Waals surface area (Å²) in [6, 6.07) is 9.79. The van der Waals surface area contributed by atoms with Crippen LogP contribution in [0.1, 0.15) is 27.3 Å². The summed E-state index contributed by atoms with van der Waals surface area (Å²) in [7, 11) is 0. The molecule has 4 rings (SSSR count). The van der Waals surface area contributed by atoms with Crippen LogP contribution in [0.2, 0.25) is 0 Å². The zero-order chi connectivity index (χ0) is 20.8. The fourth-order valence-electron chi connectivity index (χ4n) is 3.52. The van der Waals surface area contributed by atoms with Crippen molar-refractivity contribution in [3.05, 3.63) is 65.1 Å². The third-order valence-corrected chi connectivity index (χ3v) is 5.02. The number of carbonyl (C=O) groups is 1. The normalized spacial score (nSPS) is 14.7. The first-order chi connectivity index (χ1) is 13.7. The minimum Gasteiger partial charge on any atom is -0.367 e. The lowest BCUT2D eigenvalue weighted by atomic mass is 10.0. The molecule has 0 unspecified atom stereocenters. The molecule has 0 radical (unpaired) electrons. The molecule has 0 spiro atoms. The van der Waals surface area contributed by atoms with Crippen molar-refractivity contribution in [3.8, 4) is 0 Å². The minimum atomic E-state index is -4.48. The predicted molar refractivity (Wildman–Crippen MR) is 104 cm³/mol. The van der Waals surface area contributed by atoms with E-state index in [1.807, 2.05) is 32.0 Å². The number of hydrogen-bond acceptors (Lipinski definition) is 4. The molecule has 1 N–H and O–H groups in total. The van der Waals surface area contributed by atoms with E-state index in [0.29, 0.717) is 24.3 Å². The van der Waals surface area contributed by atoms with Gasteiger partial charge >= 0.3 is 6.18 Å². The third kappa shape index (κ3) is 3.87. The van der Waals surface area contributed by atoms with Crippen molar-refractivity contribution in [1.82, 2.24) is 15.3 Å². The number of anilines is 1. The average Bonchev–Trinajstić information content (AvgIpc) is 2.63. The summed E-state index contributed by atoms with van der Waals surface area (Å²) in [6.07, 6.45) is -3.33. The number of aromatic nitrogens is 2. The number of nitrogens with zero attached hydrogens (tertiary/aromatic N) is 3. The van der Waals surface area contributed by atoms with Gasteiger partial charge in [0.25, 0.3) is 5.91 Å². The third-order valence-electron chi connectivity index (χ3n) is 5.02. The van der Waals surface area contributed by atoms with Crippen LogP contribution in [0, 0.1) is 13.8 Å². The maximum absolute atomic E-state index is 12.8. The van der Waals surface area contributed by atoms with E-state index in [-0.39, 0.29) is 11.9 Å². The van der Waals surface area contributed by atoms with Crippen LogP contribution < -0.4 is 10.2 Å². The predicted octanol–water partition coefficient (Wildman–Crippen LogP) is 3.88. The van der Waals surface area contributed by atoms with Gasteiger partial charge in [-0.15, -0.1) is 0 Å². The van der Waals surface area contributed by atoms with E-state index >= 15 is 0 Å². The molecule has 3 heterocycles. The molecule has 29 heavy (non-hydrogen) atoms. The van der Waals surface area contributed by atoms with Gasteiger partial charge in [0.05, 0.1) is 11.6 Å². The van der Waals surface area contributed by atoms with Gasteiger partial charge in [0.2, 0.25) is 0 Å². The molecule has 150 valence electrons. The summed E-state index contributed by atoms with van der Waals surface area (Å²) in [6.45, 7) is 4.79. The number of pyridine rings is 2. The zero-order valence-electron chi connectivity index (χ0n) is 15.9. The van der Waals surface area contributed by atoms with Crippen molar-refractivity contribution >= 4 is 22.5 Å². The molecule has 0 atom stereocenters. The fourth-order valence-corrected chi connectivity index (χ4v) is 3.52. The number of carbonyl (C=O) groups excluding carboxylic acids is 1. The number of amides is 1. The molecule has 0 bridgehead atoms. The molecule has 0 aliphatic carbocycles. The molecular weight excluding hydrogens is 381 g/mol. The second-order valence-electron chi connectivity index (χ2n) is 7.28. The van der Waals surface area contributed by atoms with E-state index in [2.05, 4.69) is 15.3 Å². The lowest BCUT2D eigenvalue weighted by Gasteiger charge is -2.41. The van der Waals surface area contributed by atoms with Crippen molar-refractivity contribution in [1.29, 1.82) is 0 Å². The number of benzene rings is 1. The Labute approximate surface area is 165 Å². The summed E-state index contributed by atoms with van der Waals surface area (Å²) in [5, 5.41) is 3.86. The number of hydrogen-bond donors (Lipinski definition) is 1. The van der Waals surface area contributed by atoms with Crippen molar-refractivity contribution in [2.24, 2.45) is 0 Å². The summed E-state index contributed by atoms with van der Waals surface area (Å²) in [5.41, 5.74) is 2.88. The van der Waals surface area contributed by atoms with Gasteiger partial charge in [-0.05, 0) is 55.8 Å². The second kappa shape index (κ2) is 7.02. The summed E-state index contributed by atoms with van der Waals surface area (Å²) in [4.78, 5) is 22.2. The molecule has 1 saturated heterocycles. The highest BCUT2D eigenvalue weighted by atomic mass is 19.4. The molecule has 0 saturated carbocycles. The average molecular weight is 400 g/mol. The monoisotopic (exact) mass is 400 g/mol. The number of aryl methyl sites for hydroxylation is 2. The number of nitrogens with one attached hydrogen (secondary N) is 1. The lowest BCUT2D eigenvalue weighted by molar-refractivity contribution is -0.141. The van der Waals surface area contributed by atoms with Gasteiger partial charge in [-0.2, -0.15) is 13.2 Å². The molecule has 5 nitrogen and oxygen atoms in total. The van der Waals surface area contributed by atoms with Gasteiger partial charge in [0.1, 0.15) is 5.69 Å². The van der Waals surface area contributed by atoms with Crippen LogP contribution in [0.15, 0.2) is 42.6 Å². The number of fused-ring (bicyclic) bond motifs is 1. The minimum absolute atomic E-state index is 0.127. The highest BCUT2D eigenvalue weighted by Crippen LogP contribution is 2.31. The van der Waals surface area contributed by atoms with Gasteiger partial charge < -0.3 is 10.2 Å². The highest BCUT2D eigenvalue weighted by Gasteiger charge is 2.34. The van der Waals surface area contributed by atoms with E-state index < -0.39 is 11.9 Å². The van der Waals surface area contributed by atoms with Crippen molar-refractivity contribution in [2.75, 3.05) is 18.0 Å². The van der Waals surface area contributed by atoms with Gasteiger partial charge in [0.15, 0.2) is 0 Å². The van der Waals surface area contributed by atoms with Crippen LogP contribution in [-0.2, 0) is 6.18 Å². The fraction of sp³-hybridized carbons (Fsp3) is 0.286. The molecular formula is C21H19F3N4O. The number of halogens is 3. The Balaban J connectivity index is 1.42. The molecule has 1 fully saturated rings. The SMILES string of the molecule is Cc1cc(C)c2cc(C(=O)NC3CN(c4ccnc(C(F)(F)F)c4)C3)ccc2n1. The first kappa shape index (κ1) is 19.2. The van der Waals surface area contributed by atoms with E-state index in [0.717, 1.165) is 34.4 Å². The maximum Gasteiger partial charge on any atom is 0.433 e. The second-order valence-corrected chi connectivity index (χ2v) is 7.28. The topological polar surface area (TPSA) is 58.1 Å². The van der Waals surface area contributed by atoms with Crippen LogP contribution in [0.5, 0.6) is 0 Å². The molecule has 1 aliphatic heterocycles. The van der Waals surface area contributed by atoms with E-state index in [1.165, 1.54) is 6.07 Å². The number of alkyl halides is 3. The Morgan fingerprint density at radius 3 is 2.62 bits per heavy atom. The number of rotatable bonds is 3. The van der Waals surface area contributed by atoms with E-state index in [9.17, 15) is 18.0 Å². The van der Waals surface area contributed by atoms with Gasteiger partial charge in [-0.25, -0.2) is 0 Å². The van der Waals surface area contributed by atoms with E-state index in [4.69, 9.17) is 0 Å². The summed E-state index contributed by atoms with van der Waals surface area (Å²) < 4.78 is 38.4. The molecule has 1 aliphatic rings. The van der Waals surface area contributed by atoms with Crippen molar-refractivity contribution < 1.29 is 18.0 Å². The summed E-state index contributed by atoms with van der Waals surface area (Å²) >= 11 is 0. The van der Waals surface area contributed by atoms with Gasteiger partial charge in [0, 0.05) is 41.6 Å². The Kier molecular flexibility index (Phi) is 4.64. The molecule has 3 aromatic rings. The summed E-state index contributed by atoms with van der Waals surface area (Å²) in [5.74, 6) is -0.206. The quantitative estimate of drug-likeness (QED) is 0.725. The molecule has 1 amide bonds. The van der Waals surface area contributed by atoms with Gasteiger partial charge in [-0.3, -0.25) is 14.8 Å². The highest BCUT2D eigenvalue weighted by molar-refractivity contribution is 5.98. The first-order valence-corrected chi connectivity index (χ1v) is 9.18. The zero-order valence-corrected chi connectivity index (χ0v) is 15.9. The van der Waals surface area contributed by atoms with Crippen molar-refractivity contribution in [2.45, 2.75) is 26.1 Å². The largest absolute Gasteiger partial charge is 0.433 e. The Morgan fingerprint density at radius 1 is 1.14 bits per heavy atom. The Hall–Kier alpha value is -3.16. The van der Waals surface area contributed by atoms with Crippen molar-refractivity contribution in [3.63, 3.8) is 0 Å². The van der Waals surface area contributed by atoms with Gasteiger partial charge in [-0.1, -0.05) is 0 Å².